The summed E-state index contributed by atoms with van der Waals surface area (Å²) in [4.78, 5) is 20.6. The number of carboxylic acids is 2. The second kappa shape index (κ2) is 8.00. The monoisotopic (exact) mass is 282 g/mol. The Morgan fingerprint density at radius 3 is 2.00 bits per heavy atom. The van der Waals surface area contributed by atoms with E-state index in [2.05, 4.69) is 22.3 Å². The topological polar surface area (TPSA) is 99.1 Å². The number of hydrogen-bond acceptors (Lipinski definition) is 5. The Labute approximate surface area is 116 Å². The molecule has 2 rings (SSSR count). The van der Waals surface area contributed by atoms with Crippen LogP contribution in [0.25, 0.3) is 0 Å². The first kappa shape index (κ1) is 15.8. The first-order valence-corrected chi connectivity index (χ1v) is 6.10. The molecule has 0 amide bonds. The summed E-state index contributed by atoms with van der Waals surface area (Å²) in [5, 5.41) is 18.1. The largest absolute Gasteiger partial charge is 0.497 e. The summed E-state index contributed by atoms with van der Waals surface area (Å²) in [5.74, 6) is -2.73. The van der Waals surface area contributed by atoms with Crippen molar-refractivity contribution >= 4 is 17.6 Å². The maximum absolute atomic E-state index is 9.10. The van der Waals surface area contributed by atoms with E-state index in [1.54, 1.807) is 7.11 Å². The van der Waals surface area contributed by atoms with Gasteiger partial charge in [-0.2, -0.15) is 0 Å². The summed E-state index contributed by atoms with van der Waals surface area (Å²) >= 11 is 0. The average molecular weight is 282 g/mol. The lowest BCUT2D eigenvalue weighted by atomic mass is 10.2. The van der Waals surface area contributed by atoms with Gasteiger partial charge in [0.25, 0.3) is 0 Å². The molecule has 0 radical (unpaired) electrons. The van der Waals surface area contributed by atoms with Crippen LogP contribution in [0.3, 0.4) is 0 Å². The van der Waals surface area contributed by atoms with E-state index in [1.807, 2.05) is 12.1 Å². The van der Waals surface area contributed by atoms with E-state index >= 15 is 0 Å². The van der Waals surface area contributed by atoms with Crippen LogP contribution in [0, 0.1) is 0 Å². The normalized spacial score (nSPS) is 13.9. The number of hydrogen-bond donors (Lipinski definition) is 3. The summed E-state index contributed by atoms with van der Waals surface area (Å²) in [6.07, 6.45) is 0. The lowest BCUT2D eigenvalue weighted by molar-refractivity contribution is -0.159. The van der Waals surface area contributed by atoms with E-state index in [0.717, 1.165) is 31.9 Å². The highest BCUT2D eigenvalue weighted by molar-refractivity contribution is 6.27. The van der Waals surface area contributed by atoms with Crippen LogP contribution in [0.2, 0.25) is 0 Å². The number of carboxylic acid groups (broad SMARTS) is 2. The molecule has 0 unspecified atom stereocenters. The maximum atomic E-state index is 9.10. The molecule has 0 aliphatic carbocycles. The molecule has 0 atom stereocenters. The minimum absolute atomic E-state index is 0.920. The van der Waals surface area contributed by atoms with Crippen molar-refractivity contribution in [1.29, 1.82) is 0 Å². The smallest absolute Gasteiger partial charge is 0.414 e. The molecular weight excluding hydrogens is 264 g/mol. The van der Waals surface area contributed by atoms with Crippen molar-refractivity contribution in [3.8, 4) is 5.75 Å². The van der Waals surface area contributed by atoms with Gasteiger partial charge in [-0.05, 0) is 24.3 Å². The first-order chi connectivity index (χ1) is 9.54. The third kappa shape index (κ3) is 5.15. The van der Waals surface area contributed by atoms with E-state index in [4.69, 9.17) is 24.5 Å². The Hall–Kier alpha value is -2.28. The van der Waals surface area contributed by atoms with Crippen LogP contribution in [0.15, 0.2) is 24.3 Å². The van der Waals surface area contributed by atoms with Crippen molar-refractivity contribution in [1.82, 2.24) is 5.32 Å². The van der Waals surface area contributed by atoms with Gasteiger partial charge in [-0.25, -0.2) is 9.59 Å². The Kier molecular flexibility index (Phi) is 6.31. The SMILES string of the molecule is COc1ccc(N2CCNCC2)cc1.O=C(O)C(=O)O. The number of nitrogens with zero attached hydrogens (tertiary/aromatic N) is 1. The summed E-state index contributed by atoms with van der Waals surface area (Å²) < 4.78 is 5.13. The molecule has 1 saturated heterocycles. The molecule has 3 N–H and O–H groups in total. The molecule has 1 heterocycles. The molecule has 0 saturated carbocycles. The molecule has 1 aromatic rings. The zero-order valence-corrected chi connectivity index (χ0v) is 11.2. The van der Waals surface area contributed by atoms with Gasteiger partial charge in [-0.1, -0.05) is 0 Å². The zero-order chi connectivity index (χ0) is 15.0. The fourth-order valence-electron chi connectivity index (χ4n) is 1.72. The minimum Gasteiger partial charge on any atom is -0.497 e. The van der Waals surface area contributed by atoms with Crippen molar-refractivity contribution in [2.75, 3.05) is 38.2 Å². The summed E-state index contributed by atoms with van der Waals surface area (Å²) in [6, 6.07) is 8.25. The van der Waals surface area contributed by atoms with Gasteiger partial charge >= 0.3 is 11.9 Å². The van der Waals surface area contributed by atoms with Crippen LogP contribution >= 0.6 is 0 Å². The predicted molar refractivity (Wildman–Crippen MR) is 73.3 cm³/mol. The molecule has 7 heteroatoms. The zero-order valence-electron chi connectivity index (χ0n) is 11.2. The summed E-state index contributed by atoms with van der Waals surface area (Å²) in [5.41, 5.74) is 1.28. The number of ether oxygens (including phenoxy) is 1. The number of rotatable bonds is 2. The quantitative estimate of drug-likeness (QED) is 0.669. The van der Waals surface area contributed by atoms with Gasteiger partial charge in [0.1, 0.15) is 5.75 Å². The number of anilines is 1. The Morgan fingerprint density at radius 2 is 1.60 bits per heavy atom. The van der Waals surface area contributed by atoms with Gasteiger partial charge in [-0.15, -0.1) is 0 Å². The second-order valence-corrected chi connectivity index (χ2v) is 4.05. The lowest BCUT2D eigenvalue weighted by Crippen LogP contribution is -2.43. The number of aliphatic carboxylic acids is 2. The van der Waals surface area contributed by atoms with Crippen LogP contribution in [0.4, 0.5) is 5.69 Å². The van der Waals surface area contributed by atoms with Gasteiger partial charge in [0.15, 0.2) is 0 Å². The number of piperazine rings is 1. The van der Waals surface area contributed by atoms with Crippen LogP contribution in [0.1, 0.15) is 0 Å². The Morgan fingerprint density at radius 1 is 1.10 bits per heavy atom. The number of methoxy groups -OCH3 is 1. The molecule has 0 aromatic heterocycles. The molecule has 1 aliphatic heterocycles. The van der Waals surface area contributed by atoms with E-state index < -0.39 is 11.9 Å². The Balaban J connectivity index is 0.000000286. The fourth-order valence-corrected chi connectivity index (χ4v) is 1.72. The van der Waals surface area contributed by atoms with Gasteiger partial charge in [-0.3, -0.25) is 0 Å². The third-order valence-electron chi connectivity index (χ3n) is 2.74. The number of nitrogens with one attached hydrogen (secondary N) is 1. The van der Waals surface area contributed by atoms with Crippen molar-refractivity contribution in [3.63, 3.8) is 0 Å². The highest BCUT2D eigenvalue weighted by Gasteiger charge is 2.09. The standard InChI is InChI=1S/C11H16N2O.C2H2O4/c1-14-11-4-2-10(3-5-11)13-8-6-12-7-9-13;3-1(4)2(5)6/h2-5,12H,6-9H2,1H3;(H,3,4)(H,5,6). The fraction of sp³-hybridized carbons (Fsp3) is 0.385. The summed E-state index contributed by atoms with van der Waals surface area (Å²) in [7, 11) is 1.69. The van der Waals surface area contributed by atoms with Crippen LogP contribution < -0.4 is 15.0 Å². The van der Waals surface area contributed by atoms with Crippen LogP contribution in [-0.2, 0) is 9.59 Å². The molecule has 1 aromatic carbocycles. The van der Waals surface area contributed by atoms with E-state index in [0.29, 0.717) is 0 Å². The van der Waals surface area contributed by atoms with Crippen molar-refractivity contribution < 1.29 is 24.5 Å². The van der Waals surface area contributed by atoms with Crippen molar-refractivity contribution in [2.45, 2.75) is 0 Å². The van der Waals surface area contributed by atoms with Crippen molar-refractivity contribution in [3.05, 3.63) is 24.3 Å². The van der Waals surface area contributed by atoms with E-state index in [1.165, 1.54) is 5.69 Å². The van der Waals surface area contributed by atoms with Crippen molar-refractivity contribution in [2.24, 2.45) is 0 Å². The van der Waals surface area contributed by atoms with Gasteiger partial charge < -0.3 is 25.2 Å². The molecule has 110 valence electrons. The Bertz CT molecular complexity index is 429. The molecule has 1 fully saturated rings. The van der Waals surface area contributed by atoms with Gasteiger partial charge in [0, 0.05) is 31.9 Å². The van der Waals surface area contributed by atoms with E-state index in [9.17, 15) is 0 Å². The van der Waals surface area contributed by atoms with Crippen LogP contribution in [-0.4, -0.2) is 55.4 Å². The molecule has 0 spiro atoms. The van der Waals surface area contributed by atoms with Gasteiger partial charge in [0.05, 0.1) is 7.11 Å². The van der Waals surface area contributed by atoms with Gasteiger partial charge in [0.2, 0.25) is 0 Å². The molecular formula is C13H18N2O5. The predicted octanol–water partition coefficient (Wildman–Crippen LogP) is 0.260. The molecule has 20 heavy (non-hydrogen) atoms. The third-order valence-corrected chi connectivity index (χ3v) is 2.74. The molecule has 0 bridgehead atoms. The number of benzene rings is 1. The number of carbonyl (C=O) groups is 2. The van der Waals surface area contributed by atoms with E-state index in [-0.39, 0.29) is 0 Å². The lowest BCUT2D eigenvalue weighted by Gasteiger charge is -2.29. The minimum atomic E-state index is -1.82. The highest BCUT2D eigenvalue weighted by Crippen LogP contribution is 2.19. The average Bonchev–Trinajstić information content (AvgIpc) is 2.49. The highest BCUT2D eigenvalue weighted by atomic mass is 16.5. The molecule has 1 aliphatic rings. The second-order valence-electron chi connectivity index (χ2n) is 4.05. The summed E-state index contributed by atoms with van der Waals surface area (Å²) in [6.45, 7) is 4.33. The first-order valence-electron chi connectivity index (χ1n) is 6.10. The van der Waals surface area contributed by atoms with Crippen LogP contribution in [0.5, 0.6) is 5.75 Å². The maximum Gasteiger partial charge on any atom is 0.414 e. The molecule has 7 nitrogen and oxygen atoms in total.